The number of rotatable bonds is 10. The molecule has 3 N–H and O–H groups in total. The van der Waals surface area contributed by atoms with Gasteiger partial charge in [0.05, 0.1) is 12.2 Å². The van der Waals surface area contributed by atoms with Gasteiger partial charge in [0.1, 0.15) is 5.75 Å². The highest BCUT2D eigenvalue weighted by molar-refractivity contribution is 5.95. The van der Waals surface area contributed by atoms with E-state index in [0.29, 0.717) is 17.9 Å². The molecule has 0 spiro atoms. The maximum absolute atomic E-state index is 12.3. The Kier molecular flexibility index (Phi) is 9.16. The minimum absolute atomic E-state index is 0.0922. The van der Waals surface area contributed by atoms with Crippen LogP contribution in [0.3, 0.4) is 0 Å². The number of nitrogens with one attached hydrogen (secondary N) is 3. The molecule has 8 heteroatoms. The van der Waals surface area contributed by atoms with Gasteiger partial charge in [0.25, 0.3) is 5.91 Å². The number of anilines is 1. The Morgan fingerprint density at radius 2 is 1.62 bits per heavy atom. The van der Waals surface area contributed by atoms with Crippen molar-refractivity contribution in [1.29, 1.82) is 0 Å². The summed E-state index contributed by atoms with van der Waals surface area (Å²) < 4.78 is 5.76. The van der Waals surface area contributed by atoms with Crippen molar-refractivity contribution in [2.45, 2.75) is 26.2 Å². The van der Waals surface area contributed by atoms with E-state index in [2.05, 4.69) is 33.3 Å². The van der Waals surface area contributed by atoms with Crippen molar-refractivity contribution in [2.24, 2.45) is 5.92 Å². The number of amides is 3. The fourth-order valence-electron chi connectivity index (χ4n) is 3.23. The van der Waals surface area contributed by atoms with E-state index in [0.717, 1.165) is 12.2 Å². The third-order valence-corrected chi connectivity index (χ3v) is 4.95. The van der Waals surface area contributed by atoms with E-state index in [-0.39, 0.29) is 30.6 Å². The number of hydrogen-bond donors (Lipinski definition) is 3. The summed E-state index contributed by atoms with van der Waals surface area (Å²) in [6, 6.07) is 20.5. The maximum atomic E-state index is 12.3. The van der Waals surface area contributed by atoms with E-state index in [1.165, 1.54) is 11.8 Å². The van der Waals surface area contributed by atoms with Crippen LogP contribution in [0.4, 0.5) is 5.69 Å². The van der Waals surface area contributed by atoms with Crippen molar-refractivity contribution < 1.29 is 19.1 Å². The number of ether oxygens (including phenoxy) is 1. The van der Waals surface area contributed by atoms with Gasteiger partial charge in [0, 0.05) is 37.3 Å². The average molecular weight is 461 g/mol. The van der Waals surface area contributed by atoms with Crippen molar-refractivity contribution >= 4 is 23.4 Å². The molecule has 3 rings (SSSR count). The van der Waals surface area contributed by atoms with Crippen LogP contribution < -0.4 is 20.9 Å². The molecule has 8 nitrogen and oxygen atoms in total. The van der Waals surface area contributed by atoms with Crippen molar-refractivity contribution in [1.82, 2.24) is 15.8 Å². The Bertz CT molecular complexity index is 1070. The quantitative estimate of drug-likeness (QED) is 0.401. The molecule has 0 aliphatic rings. The van der Waals surface area contributed by atoms with Crippen LogP contribution in [0.2, 0.25) is 0 Å². The van der Waals surface area contributed by atoms with E-state index in [1.807, 2.05) is 30.3 Å². The zero-order chi connectivity index (χ0) is 24.2. The van der Waals surface area contributed by atoms with Gasteiger partial charge in [-0.05, 0) is 47.9 Å². The predicted octanol–water partition coefficient (Wildman–Crippen LogP) is 3.52. The second-order valence-corrected chi connectivity index (χ2v) is 7.91. The van der Waals surface area contributed by atoms with Crippen LogP contribution >= 0.6 is 0 Å². The van der Waals surface area contributed by atoms with Gasteiger partial charge >= 0.3 is 0 Å². The molecule has 176 valence electrons. The van der Waals surface area contributed by atoms with E-state index in [4.69, 9.17) is 4.74 Å². The van der Waals surface area contributed by atoms with E-state index in [1.54, 1.807) is 37.4 Å². The Morgan fingerprint density at radius 1 is 0.882 bits per heavy atom. The van der Waals surface area contributed by atoms with Gasteiger partial charge in [-0.2, -0.15) is 0 Å². The van der Waals surface area contributed by atoms with Crippen LogP contribution in [0.25, 0.3) is 0 Å². The first-order chi connectivity index (χ1) is 16.5. The maximum Gasteiger partial charge on any atom is 0.271 e. The first kappa shape index (κ1) is 24.4. The summed E-state index contributed by atoms with van der Waals surface area (Å²) in [6.45, 7) is 2.36. The number of hydrazine groups is 1. The minimum Gasteiger partial charge on any atom is -0.493 e. The molecule has 2 aromatic carbocycles. The van der Waals surface area contributed by atoms with E-state index < -0.39 is 5.91 Å². The standard InChI is InChI=1S/C26H28N4O4/c1-19(17-25(32)29-30-26(33)21-8-5-14-27-18-21)16-24(31)28-22-9-11-23(12-10-22)34-15-13-20-6-3-2-4-7-20/h2-12,14,18-19H,13,15-17H2,1H3,(H,28,31)(H,29,32)(H,30,33). The van der Waals surface area contributed by atoms with E-state index >= 15 is 0 Å². The largest absolute Gasteiger partial charge is 0.493 e. The van der Waals surface area contributed by atoms with Gasteiger partial charge in [0.15, 0.2) is 0 Å². The first-order valence-electron chi connectivity index (χ1n) is 11.1. The van der Waals surface area contributed by atoms with Crippen LogP contribution in [-0.4, -0.2) is 29.3 Å². The number of aromatic nitrogens is 1. The lowest BCUT2D eigenvalue weighted by Crippen LogP contribution is -2.42. The van der Waals surface area contributed by atoms with Gasteiger partial charge in [-0.15, -0.1) is 0 Å². The number of pyridine rings is 1. The Balaban J connectivity index is 1.34. The Morgan fingerprint density at radius 3 is 2.32 bits per heavy atom. The van der Waals surface area contributed by atoms with Gasteiger partial charge in [-0.25, -0.2) is 0 Å². The fraction of sp³-hybridized carbons (Fsp3) is 0.231. The zero-order valence-corrected chi connectivity index (χ0v) is 19.0. The monoisotopic (exact) mass is 460 g/mol. The Hall–Kier alpha value is -4.20. The highest BCUT2D eigenvalue weighted by atomic mass is 16.5. The van der Waals surface area contributed by atoms with E-state index in [9.17, 15) is 14.4 Å². The van der Waals surface area contributed by atoms with Crippen LogP contribution in [0.1, 0.15) is 35.7 Å². The second kappa shape index (κ2) is 12.7. The molecular formula is C26H28N4O4. The highest BCUT2D eigenvalue weighted by Gasteiger charge is 2.15. The first-order valence-corrected chi connectivity index (χ1v) is 11.1. The second-order valence-electron chi connectivity index (χ2n) is 7.91. The predicted molar refractivity (Wildman–Crippen MR) is 129 cm³/mol. The number of carbonyl (C=O) groups excluding carboxylic acids is 3. The molecule has 1 heterocycles. The molecule has 0 fully saturated rings. The van der Waals surface area contributed by atoms with Crippen molar-refractivity contribution in [3.8, 4) is 5.75 Å². The molecule has 34 heavy (non-hydrogen) atoms. The Labute approximate surface area is 198 Å². The summed E-state index contributed by atoms with van der Waals surface area (Å²) in [5.74, 6) is -0.519. The molecule has 0 bridgehead atoms. The van der Waals surface area contributed by atoms with Crippen LogP contribution in [0, 0.1) is 5.92 Å². The van der Waals surface area contributed by atoms with Crippen molar-refractivity contribution in [3.63, 3.8) is 0 Å². The smallest absolute Gasteiger partial charge is 0.271 e. The van der Waals surface area contributed by atoms with Crippen LogP contribution in [-0.2, 0) is 16.0 Å². The molecular weight excluding hydrogens is 432 g/mol. The van der Waals surface area contributed by atoms with Gasteiger partial charge in [0.2, 0.25) is 11.8 Å². The SMILES string of the molecule is CC(CC(=O)NNC(=O)c1cccnc1)CC(=O)Nc1ccc(OCCc2ccccc2)cc1. The number of hydrogen-bond acceptors (Lipinski definition) is 5. The molecule has 0 saturated heterocycles. The summed E-state index contributed by atoms with van der Waals surface area (Å²) >= 11 is 0. The summed E-state index contributed by atoms with van der Waals surface area (Å²) in [7, 11) is 0. The summed E-state index contributed by atoms with van der Waals surface area (Å²) in [5.41, 5.74) is 6.89. The molecule has 0 aliphatic carbocycles. The van der Waals surface area contributed by atoms with Crippen molar-refractivity contribution in [3.05, 3.63) is 90.3 Å². The van der Waals surface area contributed by atoms with Crippen molar-refractivity contribution in [2.75, 3.05) is 11.9 Å². The number of benzene rings is 2. The van der Waals surface area contributed by atoms with Crippen LogP contribution in [0.5, 0.6) is 5.75 Å². The third kappa shape index (κ3) is 8.38. The third-order valence-electron chi connectivity index (χ3n) is 4.95. The molecule has 3 aromatic rings. The summed E-state index contributed by atoms with van der Waals surface area (Å²) in [6.07, 6.45) is 4.03. The molecule has 1 aromatic heterocycles. The number of nitrogens with zero attached hydrogens (tertiary/aromatic N) is 1. The highest BCUT2D eigenvalue weighted by Crippen LogP contribution is 2.17. The summed E-state index contributed by atoms with van der Waals surface area (Å²) in [4.78, 5) is 40.2. The van der Waals surface area contributed by atoms with Crippen LogP contribution in [0.15, 0.2) is 79.1 Å². The van der Waals surface area contributed by atoms with Gasteiger partial charge in [-0.1, -0.05) is 37.3 Å². The molecule has 1 unspecified atom stereocenters. The zero-order valence-electron chi connectivity index (χ0n) is 19.0. The fourth-order valence-corrected chi connectivity index (χ4v) is 3.23. The molecule has 0 radical (unpaired) electrons. The molecule has 1 atom stereocenters. The topological polar surface area (TPSA) is 109 Å². The minimum atomic E-state index is -0.459. The summed E-state index contributed by atoms with van der Waals surface area (Å²) in [5, 5.41) is 2.82. The van der Waals surface area contributed by atoms with Gasteiger partial charge < -0.3 is 10.1 Å². The lowest BCUT2D eigenvalue weighted by molar-refractivity contribution is -0.123. The lowest BCUT2D eigenvalue weighted by Gasteiger charge is -2.13. The lowest BCUT2D eigenvalue weighted by atomic mass is 10.0. The molecule has 0 aliphatic heterocycles. The molecule has 0 saturated carbocycles. The van der Waals surface area contributed by atoms with Gasteiger partial charge in [-0.3, -0.25) is 30.2 Å². The normalized spacial score (nSPS) is 11.2. The number of carbonyl (C=O) groups is 3. The average Bonchev–Trinajstić information content (AvgIpc) is 2.84. The molecule has 3 amide bonds.